The van der Waals surface area contributed by atoms with Crippen molar-refractivity contribution in [3.63, 3.8) is 0 Å². The number of hydrogen-bond donors (Lipinski definition) is 13. The third-order valence-electron chi connectivity index (χ3n) is 15.1. The van der Waals surface area contributed by atoms with Crippen molar-refractivity contribution >= 4 is 5.97 Å². The Morgan fingerprint density at radius 3 is 1.84 bits per heavy atom. The van der Waals surface area contributed by atoms with E-state index < -0.39 is 178 Å². The van der Waals surface area contributed by atoms with Crippen molar-refractivity contribution in [2.75, 3.05) is 27.4 Å². The van der Waals surface area contributed by atoms with Gasteiger partial charge in [-0.05, 0) is 51.4 Å². The van der Waals surface area contributed by atoms with E-state index in [1.165, 1.54) is 21.1 Å². The molecule has 26 atom stereocenters. The SMILES string of the molecule is COC1CC(C2[OH+]C3CC(O)CC(OC4OC(CO)C(O)C(O)C4O)C3CC2OC2OC(COC3OC(C)C(OC(=O)C=CC4CCC(O)C(O)C4)C(O)C3O)C(O)C(O)C2O)CC(OC)C1O. The van der Waals surface area contributed by atoms with Crippen molar-refractivity contribution in [1.82, 2.24) is 0 Å². The number of allylic oxidation sites excluding steroid dienone is 1. The summed E-state index contributed by atoms with van der Waals surface area (Å²) in [6.07, 6.45) is -27.2. The highest BCUT2D eigenvalue weighted by molar-refractivity contribution is 5.82. The third kappa shape index (κ3) is 11.9. The summed E-state index contributed by atoms with van der Waals surface area (Å²) in [6.45, 7) is 0.201. The Bertz CT molecular complexity index is 1610. The first-order chi connectivity index (χ1) is 32.3. The molecule has 24 heteroatoms. The van der Waals surface area contributed by atoms with Crippen LogP contribution in [0.25, 0.3) is 0 Å². The monoisotopic (exact) mass is 985 g/mol. The van der Waals surface area contributed by atoms with E-state index in [4.69, 9.17) is 47.4 Å². The number of aliphatic hydroxyl groups excluding tert-OH is 13. The summed E-state index contributed by atoms with van der Waals surface area (Å²) in [7, 11) is 2.91. The molecular weight excluding hydrogens is 912 g/mol. The fourth-order valence-corrected chi connectivity index (χ4v) is 11.0. The lowest BCUT2D eigenvalue weighted by molar-refractivity contribution is -0.371. The standard InChI is InChI=1S/C44H72O24/c1-16-40(68-30(49)7-5-17-4-6-21(47)22(48)8-17)36(55)39(58)42(62-16)61-15-29-33(52)35(54)38(57)44(67-29)65-27-13-20-23(63-41(27)18-9-25(59-2)31(50)26(10-18)60-3)11-19(46)12-24(20)64-43-37(56)34(53)32(51)28(14-45)66-43/h5,7,16-29,31-48,50-58H,4,6,8-15H2,1-3H3/p+1. The molecule has 7 aliphatic rings. The van der Waals surface area contributed by atoms with Crippen LogP contribution in [-0.2, 0) is 47.4 Å². The maximum atomic E-state index is 12.7. The van der Waals surface area contributed by atoms with E-state index in [0.717, 1.165) is 6.08 Å². The van der Waals surface area contributed by atoms with Crippen molar-refractivity contribution in [3.8, 4) is 0 Å². The van der Waals surface area contributed by atoms with Gasteiger partial charge < -0.3 is 114 Å². The van der Waals surface area contributed by atoms with Gasteiger partial charge in [-0.1, -0.05) is 6.08 Å². The van der Waals surface area contributed by atoms with Crippen LogP contribution in [0.5, 0.6) is 0 Å². The molecule has 7 fully saturated rings. The number of rotatable bonds is 14. The first-order valence-electron chi connectivity index (χ1n) is 23.6. The minimum absolute atomic E-state index is 0.0321. The number of hydrogen-bond acceptors (Lipinski definition) is 23. The topological polar surface area (TPSA) is 376 Å². The van der Waals surface area contributed by atoms with E-state index in [0.29, 0.717) is 25.7 Å². The summed E-state index contributed by atoms with van der Waals surface area (Å²) in [5, 5.41) is 139. The normalized spacial score (nSPS) is 51.5. The van der Waals surface area contributed by atoms with Gasteiger partial charge >= 0.3 is 5.97 Å². The molecule has 68 heavy (non-hydrogen) atoms. The number of methoxy groups -OCH3 is 2. The van der Waals surface area contributed by atoms with Crippen LogP contribution in [-0.4, -0.2) is 258 Å². The Kier molecular flexibility index (Phi) is 18.7. The van der Waals surface area contributed by atoms with E-state index in [-0.39, 0.29) is 37.5 Å². The summed E-state index contributed by atoms with van der Waals surface area (Å²) >= 11 is 0. The summed E-state index contributed by atoms with van der Waals surface area (Å²) in [5.41, 5.74) is 0. The molecule has 0 spiro atoms. The molecule has 4 saturated heterocycles. The zero-order valence-electron chi connectivity index (χ0n) is 38.2. The van der Waals surface area contributed by atoms with Gasteiger partial charge in [0, 0.05) is 39.1 Å². The van der Waals surface area contributed by atoms with Crippen LogP contribution < -0.4 is 0 Å². The Balaban J connectivity index is 1.04. The van der Waals surface area contributed by atoms with E-state index in [2.05, 4.69) is 0 Å². The van der Waals surface area contributed by atoms with Crippen LogP contribution in [0.3, 0.4) is 0 Å². The molecular formula is C44H73O24+. The summed E-state index contributed by atoms with van der Waals surface area (Å²) in [4.78, 5) is 12.7. The number of carbonyl (C=O) groups is 1. The zero-order valence-corrected chi connectivity index (χ0v) is 38.2. The number of esters is 1. The van der Waals surface area contributed by atoms with Crippen LogP contribution in [0.15, 0.2) is 12.2 Å². The first-order valence-corrected chi connectivity index (χ1v) is 23.6. The third-order valence-corrected chi connectivity index (χ3v) is 15.1. The predicted octanol–water partition coefficient (Wildman–Crippen LogP) is -5.92. The largest absolute Gasteiger partial charge is 0.454 e. The number of aliphatic hydroxyl groups is 15. The molecule has 0 bridgehead atoms. The molecule has 0 aromatic heterocycles. The number of ether oxygens (including phenoxy) is 10. The fraction of sp³-hybridized carbons (Fsp3) is 0.932. The average Bonchev–Trinajstić information content (AvgIpc) is 3.32. The summed E-state index contributed by atoms with van der Waals surface area (Å²) < 4.78 is 57.9. The average molecular weight is 986 g/mol. The zero-order chi connectivity index (χ0) is 49.3. The molecule has 24 nitrogen and oxygen atoms in total. The van der Waals surface area contributed by atoms with Crippen LogP contribution in [0.1, 0.15) is 58.3 Å². The van der Waals surface area contributed by atoms with Crippen molar-refractivity contribution in [1.29, 1.82) is 0 Å². The maximum Gasteiger partial charge on any atom is 0.330 e. The molecule has 392 valence electrons. The summed E-state index contributed by atoms with van der Waals surface area (Å²) in [5.74, 6) is -1.97. The molecule has 0 aromatic rings. The molecule has 3 saturated carbocycles. The van der Waals surface area contributed by atoms with Crippen molar-refractivity contribution < 1.29 is 119 Å². The lowest BCUT2D eigenvalue weighted by atomic mass is 9.72. The van der Waals surface area contributed by atoms with Crippen molar-refractivity contribution in [2.24, 2.45) is 17.8 Å². The molecule has 14 N–H and O–H groups in total. The van der Waals surface area contributed by atoms with Gasteiger partial charge in [0.25, 0.3) is 0 Å². The Hall–Kier alpha value is -1.67. The van der Waals surface area contributed by atoms with Gasteiger partial charge in [-0.25, -0.2) is 4.79 Å². The highest BCUT2D eigenvalue weighted by Gasteiger charge is 2.58. The molecule has 4 heterocycles. The van der Waals surface area contributed by atoms with E-state index in [1.807, 2.05) is 0 Å². The van der Waals surface area contributed by atoms with Crippen molar-refractivity contribution in [3.05, 3.63) is 12.2 Å². The summed E-state index contributed by atoms with van der Waals surface area (Å²) in [6, 6.07) is 0. The highest BCUT2D eigenvalue weighted by Crippen LogP contribution is 2.44. The van der Waals surface area contributed by atoms with E-state index >= 15 is 0 Å². The van der Waals surface area contributed by atoms with Gasteiger partial charge in [0.1, 0.15) is 73.2 Å². The molecule has 3 aliphatic carbocycles. The molecule has 0 aromatic carbocycles. The van der Waals surface area contributed by atoms with Gasteiger partial charge in [0.15, 0.2) is 37.2 Å². The predicted molar refractivity (Wildman–Crippen MR) is 224 cm³/mol. The highest BCUT2D eigenvalue weighted by atomic mass is 16.7. The minimum atomic E-state index is -1.86. The second kappa shape index (κ2) is 23.5. The van der Waals surface area contributed by atoms with Gasteiger partial charge in [0.2, 0.25) is 0 Å². The van der Waals surface area contributed by atoms with Gasteiger partial charge in [0.05, 0.1) is 61.9 Å². The second-order valence-corrected chi connectivity index (χ2v) is 19.6. The molecule has 4 aliphatic heterocycles. The van der Waals surface area contributed by atoms with Crippen LogP contribution in [0.2, 0.25) is 0 Å². The van der Waals surface area contributed by atoms with Crippen LogP contribution in [0.4, 0.5) is 0 Å². The first kappa shape index (κ1) is 54.1. The minimum Gasteiger partial charge on any atom is -0.454 e. The fourth-order valence-electron chi connectivity index (χ4n) is 11.0. The molecule has 26 unspecified atom stereocenters. The smallest absolute Gasteiger partial charge is 0.330 e. The lowest BCUT2D eigenvalue weighted by Crippen LogP contribution is -2.65. The number of fused-ring (bicyclic) bond motifs is 1. The van der Waals surface area contributed by atoms with E-state index in [1.54, 1.807) is 6.08 Å². The van der Waals surface area contributed by atoms with Gasteiger partial charge in [-0.3, -0.25) is 0 Å². The van der Waals surface area contributed by atoms with Crippen LogP contribution >= 0.6 is 0 Å². The number of carbonyl (C=O) groups excluding carboxylic acids is 1. The van der Waals surface area contributed by atoms with Gasteiger partial charge in [-0.2, -0.15) is 0 Å². The quantitative estimate of drug-likeness (QED) is 0.0438. The molecule has 0 amide bonds. The van der Waals surface area contributed by atoms with Gasteiger partial charge in [-0.15, -0.1) is 0 Å². The molecule has 0 radical (unpaired) electrons. The lowest BCUT2D eigenvalue weighted by Gasteiger charge is -2.50. The van der Waals surface area contributed by atoms with Crippen LogP contribution in [0, 0.1) is 17.8 Å². The Labute approximate surface area is 392 Å². The second-order valence-electron chi connectivity index (χ2n) is 19.6. The van der Waals surface area contributed by atoms with E-state index in [9.17, 15) is 71.2 Å². The molecule has 7 rings (SSSR count). The van der Waals surface area contributed by atoms with Crippen molar-refractivity contribution in [2.45, 2.75) is 211 Å². The Morgan fingerprint density at radius 2 is 1.22 bits per heavy atom. The Morgan fingerprint density at radius 1 is 0.618 bits per heavy atom. The maximum absolute atomic E-state index is 12.7.